The summed E-state index contributed by atoms with van der Waals surface area (Å²) in [5, 5.41) is 11.1. The summed E-state index contributed by atoms with van der Waals surface area (Å²) in [5.41, 5.74) is 5.14. The molecule has 9 rings (SSSR count). The average Bonchev–Trinajstić information content (AvgIpc) is 3.64. The minimum Gasteiger partial charge on any atom is -0.489 e. The molecule has 3 saturated heterocycles. The van der Waals surface area contributed by atoms with Gasteiger partial charge in [-0.1, -0.05) is 158 Å². The second kappa shape index (κ2) is 31.6. The van der Waals surface area contributed by atoms with Gasteiger partial charge in [-0.2, -0.15) is 0 Å². The number of carbonyl (C=O) groups excluding carboxylic acids is 7. The van der Waals surface area contributed by atoms with Gasteiger partial charge in [0.1, 0.15) is 50.3 Å². The summed E-state index contributed by atoms with van der Waals surface area (Å²) in [4.78, 5) is 91.5. The summed E-state index contributed by atoms with van der Waals surface area (Å²) < 4.78 is 23.0. The van der Waals surface area contributed by atoms with E-state index in [4.69, 9.17) is 18.9 Å². The number of para-hydroxylation sites is 2. The van der Waals surface area contributed by atoms with Crippen LogP contribution in [-0.4, -0.2) is 106 Å². The van der Waals surface area contributed by atoms with Gasteiger partial charge in [-0.25, -0.2) is 9.59 Å². The largest absolute Gasteiger partial charge is 0.489 e. The van der Waals surface area contributed by atoms with Gasteiger partial charge in [0.05, 0.1) is 10.6 Å². The first-order valence-electron chi connectivity index (χ1n) is 27.4. The van der Waals surface area contributed by atoms with E-state index < -0.39 is 41.8 Å². The molecule has 4 N–H and O–H groups in total. The number of nitrogens with zero attached hydrogens (tertiary/aromatic N) is 2. The van der Waals surface area contributed by atoms with Gasteiger partial charge in [-0.3, -0.25) is 19.2 Å². The van der Waals surface area contributed by atoms with Crippen molar-refractivity contribution in [2.75, 3.05) is 37.7 Å². The van der Waals surface area contributed by atoms with Crippen LogP contribution in [0.15, 0.2) is 170 Å². The number of likely N-dealkylation sites (tertiary alicyclic amines) is 2. The SMILES string of the molecule is O=C(NC1CCN(C(=O)OCc2ccccc2)CC1)C(=O)NC(c1ccccc1OCc1ccccc1)C1SCCCS1.O=CC(NC(=O)C(=O)NC1CCN(C(=O)OCc2ccccc2)CC1)c1ccccc1OCc1ccccc1. The van der Waals surface area contributed by atoms with Crippen LogP contribution in [0.2, 0.25) is 0 Å². The number of hydrogen-bond donors (Lipinski definition) is 4. The van der Waals surface area contributed by atoms with E-state index in [2.05, 4.69) is 21.3 Å². The number of hydrogen-bond acceptors (Lipinski definition) is 13. The van der Waals surface area contributed by atoms with Crippen LogP contribution < -0.4 is 30.7 Å². The molecule has 19 heteroatoms. The Bertz CT molecular complexity index is 3020. The van der Waals surface area contributed by atoms with Gasteiger partial charge >= 0.3 is 35.8 Å². The van der Waals surface area contributed by atoms with Gasteiger partial charge in [0, 0.05) is 49.4 Å². The molecule has 0 radical (unpaired) electrons. The first-order chi connectivity index (χ1) is 40.1. The normalized spacial score (nSPS) is 15.4. The van der Waals surface area contributed by atoms with Gasteiger partial charge in [0.2, 0.25) is 0 Å². The van der Waals surface area contributed by atoms with Crippen molar-refractivity contribution in [3.8, 4) is 11.5 Å². The number of amides is 6. The third-order valence-corrected chi connectivity index (χ3v) is 16.9. The molecule has 6 amide bonds. The zero-order chi connectivity index (χ0) is 57.3. The number of carbonyl (C=O) groups is 7. The lowest BCUT2D eigenvalue weighted by atomic mass is 10.1. The summed E-state index contributed by atoms with van der Waals surface area (Å²) in [6.45, 7) is 2.78. The lowest BCUT2D eigenvalue weighted by molar-refractivity contribution is -0.140. The summed E-state index contributed by atoms with van der Waals surface area (Å²) in [6, 6.07) is 51.1. The summed E-state index contributed by atoms with van der Waals surface area (Å²) >= 11 is 3.59. The molecule has 3 heterocycles. The van der Waals surface area contributed by atoms with Crippen molar-refractivity contribution in [3.05, 3.63) is 203 Å². The molecule has 6 aromatic rings. The monoisotopic (exact) mass is 1150 g/mol. The Kier molecular flexibility index (Phi) is 23.1. The van der Waals surface area contributed by atoms with Crippen LogP contribution in [0.25, 0.3) is 0 Å². The molecule has 17 nitrogen and oxygen atoms in total. The maximum Gasteiger partial charge on any atom is 0.410 e. The van der Waals surface area contributed by atoms with Crippen molar-refractivity contribution >= 4 is 65.6 Å². The molecule has 0 aromatic heterocycles. The third-order valence-electron chi connectivity index (χ3n) is 13.8. The molecule has 3 fully saturated rings. The lowest BCUT2D eigenvalue weighted by Gasteiger charge is -2.33. The van der Waals surface area contributed by atoms with E-state index in [9.17, 15) is 33.6 Å². The Morgan fingerprint density at radius 1 is 0.463 bits per heavy atom. The van der Waals surface area contributed by atoms with E-state index in [0.29, 0.717) is 81.8 Å². The van der Waals surface area contributed by atoms with Gasteiger partial charge in [0.25, 0.3) is 0 Å². The second-order valence-electron chi connectivity index (χ2n) is 19.7. The number of ether oxygens (including phenoxy) is 4. The molecule has 428 valence electrons. The fourth-order valence-electron chi connectivity index (χ4n) is 9.33. The molecule has 0 saturated carbocycles. The highest BCUT2D eigenvalue weighted by Crippen LogP contribution is 2.42. The maximum absolute atomic E-state index is 13.3. The van der Waals surface area contributed by atoms with E-state index in [1.54, 1.807) is 57.6 Å². The molecule has 2 unspecified atom stereocenters. The van der Waals surface area contributed by atoms with Crippen LogP contribution in [-0.2, 0) is 59.9 Å². The van der Waals surface area contributed by atoms with Crippen LogP contribution in [0.3, 0.4) is 0 Å². The van der Waals surface area contributed by atoms with Crippen molar-refractivity contribution in [2.45, 2.75) is 87.3 Å². The molecule has 0 aliphatic carbocycles. The van der Waals surface area contributed by atoms with Crippen LogP contribution in [0, 0.1) is 0 Å². The van der Waals surface area contributed by atoms with Crippen molar-refractivity contribution in [2.24, 2.45) is 0 Å². The number of aldehydes is 1. The van der Waals surface area contributed by atoms with Crippen LogP contribution in [0.4, 0.5) is 9.59 Å². The molecule has 6 aromatic carbocycles. The van der Waals surface area contributed by atoms with Gasteiger partial charge in [-0.05, 0) is 78.0 Å². The van der Waals surface area contributed by atoms with Gasteiger partial charge < -0.3 is 54.8 Å². The van der Waals surface area contributed by atoms with Crippen molar-refractivity contribution in [3.63, 3.8) is 0 Å². The Morgan fingerprint density at radius 3 is 1.26 bits per heavy atom. The zero-order valence-electron chi connectivity index (χ0n) is 45.4. The Hall–Kier alpha value is -8.29. The van der Waals surface area contributed by atoms with Crippen molar-refractivity contribution in [1.29, 1.82) is 0 Å². The Labute approximate surface area is 486 Å². The van der Waals surface area contributed by atoms with Crippen molar-refractivity contribution < 1.29 is 52.5 Å². The number of nitrogens with one attached hydrogen (secondary N) is 4. The van der Waals surface area contributed by atoms with Gasteiger partial charge in [0.15, 0.2) is 0 Å². The maximum atomic E-state index is 13.3. The highest BCUT2D eigenvalue weighted by Gasteiger charge is 2.34. The standard InChI is InChI=1S/C33H37N3O5S2.C30H31N3O6/c37-30(34-26-16-18-36(19-17-26)33(39)41-23-25-12-5-2-6-13-25)31(38)35-29(32-42-20-9-21-43-32)27-14-7-8-15-28(27)40-22-24-10-3-1-4-11-24;34-19-26(25-13-7-8-14-27(25)38-20-22-9-3-1-4-10-22)32-29(36)28(35)31-24-15-17-33(18-16-24)30(37)39-21-23-11-5-2-6-12-23/h1-8,10-15,26,29,32H,9,16-23H2,(H,34,37)(H,35,38);1-14,19,24,26H,15-18,20-21H2,(H,31,35)(H,32,36). The van der Waals surface area contributed by atoms with Gasteiger partial charge in [-0.15, -0.1) is 23.5 Å². The predicted octanol–water partition coefficient (Wildman–Crippen LogP) is 9.08. The fraction of sp³-hybridized carbons (Fsp3) is 0.317. The molecule has 3 aliphatic rings. The molecular weight excluding hydrogens is 1080 g/mol. The van der Waals surface area contributed by atoms with Crippen LogP contribution in [0.1, 0.15) is 77.6 Å². The molecule has 82 heavy (non-hydrogen) atoms. The molecule has 3 aliphatic heterocycles. The van der Waals surface area contributed by atoms with Crippen LogP contribution >= 0.6 is 23.5 Å². The van der Waals surface area contributed by atoms with E-state index >= 15 is 0 Å². The Balaban J connectivity index is 0.000000216. The number of benzene rings is 6. The van der Waals surface area contributed by atoms with E-state index in [-0.39, 0.29) is 42.6 Å². The van der Waals surface area contributed by atoms with Crippen LogP contribution in [0.5, 0.6) is 11.5 Å². The molecular formula is C63H68N6O11S2. The van der Waals surface area contributed by atoms with E-state index in [1.165, 1.54) is 0 Å². The number of rotatable bonds is 18. The zero-order valence-corrected chi connectivity index (χ0v) is 47.1. The number of thioether (sulfide) groups is 2. The first kappa shape index (κ1) is 59.8. The average molecular weight is 1150 g/mol. The molecule has 0 spiro atoms. The summed E-state index contributed by atoms with van der Waals surface area (Å²) in [6.07, 6.45) is 2.95. The highest BCUT2D eigenvalue weighted by molar-refractivity contribution is 8.17. The lowest BCUT2D eigenvalue weighted by Crippen LogP contribution is -2.51. The minimum atomic E-state index is -1.06. The summed E-state index contributed by atoms with van der Waals surface area (Å²) in [5.74, 6) is 0.0268. The fourth-order valence-corrected chi connectivity index (χ4v) is 12.4. The smallest absolute Gasteiger partial charge is 0.410 e. The highest BCUT2D eigenvalue weighted by atomic mass is 32.2. The number of piperidine rings is 2. The first-order valence-corrected chi connectivity index (χ1v) is 29.5. The van der Waals surface area contributed by atoms with E-state index in [1.807, 2.05) is 146 Å². The Morgan fingerprint density at radius 2 is 0.829 bits per heavy atom. The molecule has 2 atom stereocenters. The topological polar surface area (TPSA) is 211 Å². The molecule has 0 bridgehead atoms. The summed E-state index contributed by atoms with van der Waals surface area (Å²) in [7, 11) is 0. The minimum absolute atomic E-state index is 0.0529. The second-order valence-corrected chi connectivity index (χ2v) is 22.5. The third kappa shape index (κ3) is 18.4. The van der Waals surface area contributed by atoms with Crippen molar-refractivity contribution in [1.82, 2.24) is 31.1 Å². The predicted molar refractivity (Wildman–Crippen MR) is 314 cm³/mol. The quantitative estimate of drug-likeness (QED) is 0.0468. The van der Waals surface area contributed by atoms with E-state index in [0.717, 1.165) is 45.7 Å².